The van der Waals surface area contributed by atoms with Crippen molar-refractivity contribution in [1.82, 2.24) is 4.31 Å². The van der Waals surface area contributed by atoms with Crippen molar-refractivity contribution >= 4 is 15.8 Å². The first-order chi connectivity index (χ1) is 13.7. The maximum Gasteiger partial charge on any atom is 0.243 e. The minimum absolute atomic E-state index is 0.101. The molecule has 156 valence electrons. The fourth-order valence-electron chi connectivity index (χ4n) is 3.33. The van der Waals surface area contributed by atoms with Gasteiger partial charge in [-0.1, -0.05) is 6.07 Å². The molecule has 1 heterocycles. The SMILES string of the molecule is Cc1cc(C)c(C(=O)[C@H](C)Oc2ccc(S(=O)(=O)N3CCOCC3)cc2)cc1C. The zero-order chi connectivity index (χ0) is 21.2. The van der Waals surface area contributed by atoms with Crippen molar-refractivity contribution in [3.63, 3.8) is 0 Å². The van der Waals surface area contributed by atoms with Crippen molar-refractivity contribution in [2.75, 3.05) is 26.3 Å². The molecule has 1 fully saturated rings. The van der Waals surface area contributed by atoms with Crippen LogP contribution in [-0.4, -0.2) is 50.9 Å². The summed E-state index contributed by atoms with van der Waals surface area (Å²) in [7, 11) is -3.55. The first-order valence-electron chi connectivity index (χ1n) is 9.67. The summed E-state index contributed by atoms with van der Waals surface area (Å²) in [6.07, 6.45) is -0.683. The highest BCUT2D eigenvalue weighted by molar-refractivity contribution is 7.89. The van der Waals surface area contributed by atoms with E-state index in [1.807, 2.05) is 32.9 Å². The van der Waals surface area contributed by atoms with Gasteiger partial charge in [0.25, 0.3) is 0 Å². The monoisotopic (exact) mass is 417 g/mol. The quantitative estimate of drug-likeness (QED) is 0.675. The highest BCUT2D eigenvalue weighted by Gasteiger charge is 2.26. The van der Waals surface area contributed by atoms with Gasteiger partial charge in [0, 0.05) is 18.7 Å². The lowest BCUT2D eigenvalue weighted by molar-refractivity contribution is 0.0730. The standard InChI is InChI=1S/C22H27NO5S/c1-15-13-17(3)21(14-16(15)2)22(24)18(4)28-19-5-7-20(8-6-19)29(25,26)23-9-11-27-12-10-23/h5-8,13-14,18H,9-12H2,1-4H3/t18-/m0/s1. The molecule has 0 spiro atoms. The van der Waals surface area contributed by atoms with Gasteiger partial charge in [-0.05, 0) is 74.7 Å². The van der Waals surface area contributed by atoms with Crippen LogP contribution in [0, 0.1) is 20.8 Å². The number of rotatable bonds is 6. The Morgan fingerprint density at radius 2 is 1.59 bits per heavy atom. The number of carbonyl (C=O) groups is 1. The second kappa shape index (κ2) is 8.65. The van der Waals surface area contributed by atoms with Crippen molar-refractivity contribution < 1.29 is 22.7 Å². The first kappa shape index (κ1) is 21.5. The van der Waals surface area contributed by atoms with Crippen LogP contribution >= 0.6 is 0 Å². The molecule has 0 unspecified atom stereocenters. The maximum atomic E-state index is 12.8. The van der Waals surface area contributed by atoms with Crippen LogP contribution in [0.3, 0.4) is 0 Å². The largest absolute Gasteiger partial charge is 0.483 e. The van der Waals surface area contributed by atoms with Crippen LogP contribution in [0.2, 0.25) is 0 Å². The first-order valence-corrected chi connectivity index (χ1v) is 11.1. The molecule has 0 radical (unpaired) electrons. The van der Waals surface area contributed by atoms with Crippen molar-refractivity contribution in [1.29, 1.82) is 0 Å². The Labute approximate surface area is 172 Å². The van der Waals surface area contributed by atoms with Crippen LogP contribution in [0.25, 0.3) is 0 Å². The number of benzene rings is 2. The normalized spacial score (nSPS) is 16.4. The van der Waals surface area contributed by atoms with E-state index in [-0.39, 0.29) is 10.7 Å². The van der Waals surface area contributed by atoms with E-state index >= 15 is 0 Å². The average molecular weight is 418 g/mol. The third-order valence-corrected chi connectivity index (χ3v) is 7.13. The zero-order valence-electron chi connectivity index (χ0n) is 17.3. The Morgan fingerprint density at radius 3 is 2.21 bits per heavy atom. The van der Waals surface area contributed by atoms with Gasteiger partial charge in [0.2, 0.25) is 15.8 Å². The van der Waals surface area contributed by atoms with E-state index in [2.05, 4.69) is 0 Å². The van der Waals surface area contributed by atoms with Gasteiger partial charge in [-0.2, -0.15) is 4.31 Å². The zero-order valence-corrected chi connectivity index (χ0v) is 18.1. The van der Waals surface area contributed by atoms with Gasteiger partial charge >= 0.3 is 0 Å². The van der Waals surface area contributed by atoms with E-state index in [4.69, 9.17) is 9.47 Å². The second-order valence-corrected chi connectivity index (χ2v) is 9.30. The Bertz CT molecular complexity index is 993. The molecule has 2 aromatic rings. The van der Waals surface area contributed by atoms with Crippen molar-refractivity contribution in [3.05, 3.63) is 58.7 Å². The van der Waals surface area contributed by atoms with E-state index in [1.165, 1.54) is 16.4 Å². The predicted octanol–water partition coefficient (Wildman–Crippen LogP) is 3.28. The lowest BCUT2D eigenvalue weighted by Gasteiger charge is -2.26. The van der Waals surface area contributed by atoms with Crippen LogP contribution in [0.1, 0.15) is 34.0 Å². The van der Waals surface area contributed by atoms with Gasteiger partial charge in [0.05, 0.1) is 18.1 Å². The number of morpholine rings is 1. The van der Waals surface area contributed by atoms with Gasteiger partial charge in [-0.15, -0.1) is 0 Å². The molecule has 0 amide bonds. The van der Waals surface area contributed by atoms with E-state index in [0.717, 1.165) is 16.7 Å². The molecule has 7 heteroatoms. The van der Waals surface area contributed by atoms with Gasteiger partial charge in [-0.25, -0.2) is 8.42 Å². The van der Waals surface area contributed by atoms with Gasteiger partial charge in [0.15, 0.2) is 6.10 Å². The van der Waals surface area contributed by atoms with Crippen LogP contribution < -0.4 is 4.74 Å². The molecule has 2 aromatic carbocycles. The number of sulfonamides is 1. The van der Waals surface area contributed by atoms with Crippen molar-refractivity contribution in [2.24, 2.45) is 0 Å². The fraction of sp³-hybridized carbons (Fsp3) is 0.409. The maximum absolute atomic E-state index is 12.8. The summed E-state index contributed by atoms with van der Waals surface area (Å²) in [5, 5.41) is 0. The Hall–Kier alpha value is -2.22. The number of Topliss-reactive ketones (excluding diaryl/α,β-unsaturated/α-hetero) is 1. The molecule has 1 aliphatic rings. The summed E-state index contributed by atoms with van der Waals surface area (Å²) in [6, 6.07) is 10.1. The van der Waals surface area contributed by atoms with E-state index in [9.17, 15) is 13.2 Å². The number of hydrogen-bond donors (Lipinski definition) is 0. The minimum Gasteiger partial charge on any atom is -0.483 e. The lowest BCUT2D eigenvalue weighted by atomic mass is 9.96. The molecular weight excluding hydrogens is 390 g/mol. The smallest absolute Gasteiger partial charge is 0.243 e. The third kappa shape index (κ3) is 4.69. The number of nitrogens with zero attached hydrogens (tertiary/aromatic N) is 1. The minimum atomic E-state index is -3.55. The Kier molecular flexibility index (Phi) is 6.41. The highest BCUT2D eigenvalue weighted by Crippen LogP contribution is 2.23. The highest BCUT2D eigenvalue weighted by atomic mass is 32.2. The Balaban J connectivity index is 1.72. The predicted molar refractivity (Wildman–Crippen MR) is 111 cm³/mol. The number of carbonyl (C=O) groups excluding carboxylic acids is 1. The number of hydrogen-bond acceptors (Lipinski definition) is 5. The molecular formula is C22H27NO5S. The number of ketones is 1. The van der Waals surface area contributed by atoms with Crippen LogP contribution in [0.4, 0.5) is 0 Å². The summed E-state index contributed by atoms with van der Waals surface area (Å²) < 4.78 is 37.8. The topological polar surface area (TPSA) is 72.9 Å². The van der Waals surface area contributed by atoms with Crippen molar-refractivity contribution in [2.45, 2.75) is 38.7 Å². The fourth-order valence-corrected chi connectivity index (χ4v) is 4.74. The third-order valence-electron chi connectivity index (χ3n) is 5.22. The van der Waals surface area contributed by atoms with E-state index in [0.29, 0.717) is 37.6 Å². The molecule has 0 saturated carbocycles. The number of ether oxygens (including phenoxy) is 2. The molecule has 0 aromatic heterocycles. The molecule has 29 heavy (non-hydrogen) atoms. The summed E-state index contributed by atoms with van der Waals surface area (Å²) in [4.78, 5) is 13.0. The average Bonchev–Trinajstić information content (AvgIpc) is 2.71. The van der Waals surface area contributed by atoms with Gasteiger partial charge in [0.1, 0.15) is 5.75 Å². The summed E-state index contributed by atoms with van der Waals surface area (Å²) in [5.74, 6) is 0.351. The van der Waals surface area contributed by atoms with Crippen LogP contribution in [0.5, 0.6) is 5.75 Å². The van der Waals surface area contributed by atoms with Crippen LogP contribution in [-0.2, 0) is 14.8 Å². The van der Waals surface area contributed by atoms with E-state index in [1.54, 1.807) is 19.1 Å². The summed E-state index contributed by atoms with van der Waals surface area (Å²) in [6.45, 7) is 9.11. The molecule has 0 N–H and O–H groups in total. The molecule has 1 aliphatic heterocycles. The lowest BCUT2D eigenvalue weighted by Crippen LogP contribution is -2.40. The summed E-state index contributed by atoms with van der Waals surface area (Å²) >= 11 is 0. The molecule has 0 bridgehead atoms. The summed E-state index contributed by atoms with van der Waals surface area (Å²) in [5.41, 5.74) is 3.76. The molecule has 3 rings (SSSR count). The van der Waals surface area contributed by atoms with Gasteiger partial charge in [-0.3, -0.25) is 4.79 Å². The van der Waals surface area contributed by atoms with Crippen molar-refractivity contribution in [3.8, 4) is 5.75 Å². The van der Waals surface area contributed by atoms with Crippen LogP contribution in [0.15, 0.2) is 41.3 Å². The molecule has 6 nitrogen and oxygen atoms in total. The second-order valence-electron chi connectivity index (χ2n) is 7.36. The molecule has 0 aliphatic carbocycles. The molecule has 1 atom stereocenters. The van der Waals surface area contributed by atoms with E-state index < -0.39 is 16.1 Å². The molecule has 1 saturated heterocycles. The van der Waals surface area contributed by atoms with Gasteiger partial charge < -0.3 is 9.47 Å². The number of aryl methyl sites for hydroxylation is 3. The Morgan fingerprint density at radius 1 is 1.00 bits per heavy atom.